The molecule has 120 valence electrons. The summed E-state index contributed by atoms with van der Waals surface area (Å²) in [5.74, 6) is 1.20. The van der Waals surface area contributed by atoms with Gasteiger partial charge >= 0.3 is 5.69 Å². The minimum atomic E-state index is -0.429. The number of nitrogens with one attached hydrogen (secondary N) is 2. The molecule has 1 aromatic heterocycles. The van der Waals surface area contributed by atoms with Crippen LogP contribution in [0.5, 0.6) is 5.75 Å². The van der Waals surface area contributed by atoms with Crippen molar-refractivity contribution in [3.63, 3.8) is 0 Å². The Labute approximate surface area is 138 Å². The molecule has 0 amide bonds. The molecular formula is C18H16N4O2. The third-order valence-corrected chi connectivity index (χ3v) is 3.22. The molecule has 0 radical (unpaired) electrons. The second-order valence-electron chi connectivity index (χ2n) is 4.97. The summed E-state index contributed by atoms with van der Waals surface area (Å²) in [6.45, 7) is 0.483. The molecule has 0 unspecified atom stereocenters. The molecule has 0 atom stereocenters. The standard InChI is InChI=1S/C18H16N4O2/c23-18-19-11-10-17(21-18)22-20-12-15-8-4-5-9-16(15)24-13-14-6-2-1-3-7-14/h1-12H,13H2,(H2,19,21,22,23)/b20-12+. The van der Waals surface area contributed by atoms with E-state index in [0.29, 0.717) is 12.4 Å². The number of aromatic amines is 1. The number of hydrogen-bond donors (Lipinski definition) is 2. The van der Waals surface area contributed by atoms with E-state index in [1.807, 2.05) is 54.6 Å². The predicted octanol–water partition coefficient (Wildman–Crippen LogP) is 2.79. The summed E-state index contributed by atoms with van der Waals surface area (Å²) < 4.78 is 5.86. The van der Waals surface area contributed by atoms with Crippen molar-refractivity contribution in [2.24, 2.45) is 5.10 Å². The molecule has 3 rings (SSSR count). The lowest BCUT2D eigenvalue weighted by Gasteiger charge is -2.09. The summed E-state index contributed by atoms with van der Waals surface area (Å²) in [4.78, 5) is 17.2. The van der Waals surface area contributed by atoms with Gasteiger partial charge in [0.05, 0.1) is 6.21 Å². The summed E-state index contributed by atoms with van der Waals surface area (Å²) in [5, 5.41) is 4.12. The van der Waals surface area contributed by atoms with Crippen LogP contribution >= 0.6 is 0 Å². The van der Waals surface area contributed by atoms with Gasteiger partial charge in [-0.2, -0.15) is 5.10 Å². The van der Waals surface area contributed by atoms with Gasteiger partial charge in [-0.1, -0.05) is 42.5 Å². The number of hydrogen-bond acceptors (Lipinski definition) is 5. The number of H-pyrrole nitrogens is 1. The van der Waals surface area contributed by atoms with Crippen molar-refractivity contribution in [2.75, 3.05) is 5.43 Å². The van der Waals surface area contributed by atoms with Crippen LogP contribution in [0.3, 0.4) is 0 Å². The van der Waals surface area contributed by atoms with Gasteiger partial charge in [-0.05, 0) is 23.8 Å². The molecule has 2 aromatic carbocycles. The Morgan fingerprint density at radius 3 is 2.71 bits per heavy atom. The highest BCUT2D eigenvalue weighted by Crippen LogP contribution is 2.17. The van der Waals surface area contributed by atoms with Crippen molar-refractivity contribution < 1.29 is 4.74 Å². The lowest BCUT2D eigenvalue weighted by Crippen LogP contribution is -2.10. The van der Waals surface area contributed by atoms with Gasteiger partial charge in [0.1, 0.15) is 18.2 Å². The Morgan fingerprint density at radius 2 is 1.88 bits per heavy atom. The van der Waals surface area contributed by atoms with E-state index >= 15 is 0 Å². The second kappa shape index (κ2) is 7.73. The van der Waals surface area contributed by atoms with Gasteiger partial charge in [-0.25, -0.2) is 9.78 Å². The molecule has 0 fully saturated rings. The number of para-hydroxylation sites is 1. The minimum Gasteiger partial charge on any atom is -0.488 e. The lowest BCUT2D eigenvalue weighted by atomic mass is 10.2. The van der Waals surface area contributed by atoms with Crippen molar-refractivity contribution in [2.45, 2.75) is 6.61 Å². The monoisotopic (exact) mass is 320 g/mol. The Balaban J connectivity index is 1.67. The maximum Gasteiger partial charge on any atom is 0.346 e. The van der Waals surface area contributed by atoms with E-state index in [2.05, 4.69) is 20.5 Å². The summed E-state index contributed by atoms with van der Waals surface area (Å²) in [7, 11) is 0. The molecule has 2 N–H and O–H groups in total. The van der Waals surface area contributed by atoms with E-state index in [1.165, 1.54) is 6.20 Å². The maximum absolute atomic E-state index is 11.1. The molecule has 6 heteroatoms. The first-order chi connectivity index (χ1) is 11.8. The largest absolute Gasteiger partial charge is 0.488 e. The maximum atomic E-state index is 11.1. The zero-order valence-corrected chi connectivity index (χ0v) is 12.8. The first kappa shape index (κ1) is 15.5. The number of nitrogens with zero attached hydrogens (tertiary/aromatic N) is 2. The Kier molecular flexibility index (Phi) is 4.99. The Hall–Kier alpha value is -3.41. The molecule has 0 spiro atoms. The number of aromatic nitrogens is 2. The fourth-order valence-corrected chi connectivity index (χ4v) is 2.06. The smallest absolute Gasteiger partial charge is 0.346 e. The van der Waals surface area contributed by atoms with E-state index in [4.69, 9.17) is 4.74 Å². The zero-order valence-electron chi connectivity index (χ0n) is 12.8. The highest BCUT2D eigenvalue weighted by Gasteiger charge is 2.01. The molecule has 24 heavy (non-hydrogen) atoms. The van der Waals surface area contributed by atoms with Crippen LogP contribution in [0, 0.1) is 0 Å². The zero-order chi connectivity index (χ0) is 16.6. The van der Waals surface area contributed by atoms with Crippen LogP contribution < -0.4 is 15.9 Å². The van der Waals surface area contributed by atoms with Gasteiger partial charge in [-0.3, -0.25) is 10.4 Å². The van der Waals surface area contributed by atoms with Gasteiger partial charge < -0.3 is 4.74 Å². The van der Waals surface area contributed by atoms with Crippen LogP contribution in [0.4, 0.5) is 5.82 Å². The second-order valence-corrected chi connectivity index (χ2v) is 4.97. The van der Waals surface area contributed by atoms with Crippen LogP contribution in [0.1, 0.15) is 11.1 Å². The molecule has 1 heterocycles. The number of rotatable bonds is 6. The third kappa shape index (κ3) is 4.30. The van der Waals surface area contributed by atoms with Crippen molar-refractivity contribution >= 4 is 12.0 Å². The fourth-order valence-electron chi connectivity index (χ4n) is 2.06. The number of anilines is 1. The van der Waals surface area contributed by atoms with Crippen LogP contribution in [-0.4, -0.2) is 16.2 Å². The molecule has 0 aliphatic carbocycles. The fraction of sp³-hybridized carbons (Fsp3) is 0.0556. The normalized spacial score (nSPS) is 10.7. The van der Waals surface area contributed by atoms with E-state index < -0.39 is 5.69 Å². The summed E-state index contributed by atoms with van der Waals surface area (Å²) in [6.07, 6.45) is 3.05. The van der Waals surface area contributed by atoms with E-state index in [9.17, 15) is 4.79 Å². The predicted molar refractivity (Wildman–Crippen MR) is 93.3 cm³/mol. The van der Waals surface area contributed by atoms with Gasteiger partial charge in [-0.15, -0.1) is 0 Å². The van der Waals surface area contributed by atoms with Gasteiger partial charge in [0.15, 0.2) is 0 Å². The topological polar surface area (TPSA) is 79.4 Å². The highest BCUT2D eigenvalue weighted by molar-refractivity contribution is 5.83. The Morgan fingerprint density at radius 1 is 1.08 bits per heavy atom. The SMILES string of the molecule is O=c1nccc(N/N=C/c2ccccc2OCc2ccccc2)[nH]1. The van der Waals surface area contributed by atoms with E-state index in [0.717, 1.165) is 16.9 Å². The van der Waals surface area contributed by atoms with Crippen LogP contribution in [0.15, 0.2) is 76.8 Å². The molecule has 6 nitrogen and oxygen atoms in total. The molecule has 0 bridgehead atoms. The van der Waals surface area contributed by atoms with E-state index in [1.54, 1.807) is 12.3 Å². The first-order valence-electron chi connectivity index (χ1n) is 7.41. The number of ether oxygens (including phenoxy) is 1. The van der Waals surface area contributed by atoms with Crippen molar-refractivity contribution in [1.29, 1.82) is 0 Å². The average molecular weight is 320 g/mol. The van der Waals surface area contributed by atoms with Gasteiger partial charge in [0.25, 0.3) is 0 Å². The molecule has 3 aromatic rings. The molecule has 0 aliphatic rings. The average Bonchev–Trinajstić information content (AvgIpc) is 2.62. The Bertz CT molecular complexity index is 875. The van der Waals surface area contributed by atoms with Crippen LogP contribution in [0.2, 0.25) is 0 Å². The number of benzene rings is 2. The number of hydrazone groups is 1. The molecule has 0 saturated heterocycles. The molecule has 0 saturated carbocycles. The van der Waals surface area contributed by atoms with Gasteiger partial charge in [0.2, 0.25) is 0 Å². The van der Waals surface area contributed by atoms with Gasteiger partial charge in [0, 0.05) is 11.8 Å². The third-order valence-electron chi connectivity index (χ3n) is 3.22. The van der Waals surface area contributed by atoms with Crippen molar-refractivity contribution in [3.05, 3.63) is 88.5 Å². The first-order valence-corrected chi connectivity index (χ1v) is 7.41. The van der Waals surface area contributed by atoms with Crippen molar-refractivity contribution in [1.82, 2.24) is 9.97 Å². The minimum absolute atomic E-state index is 0.429. The molecular weight excluding hydrogens is 304 g/mol. The van der Waals surface area contributed by atoms with Crippen LogP contribution in [0.25, 0.3) is 0 Å². The molecule has 0 aliphatic heterocycles. The van der Waals surface area contributed by atoms with Crippen LogP contribution in [-0.2, 0) is 6.61 Å². The lowest BCUT2D eigenvalue weighted by molar-refractivity contribution is 0.306. The van der Waals surface area contributed by atoms with E-state index in [-0.39, 0.29) is 0 Å². The quantitative estimate of drug-likeness (QED) is 0.541. The summed E-state index contributed by atoms with van der Waals surface area (Å²) in [6, 6.07) is 19.2. The highest BCUT2D eigenvalue weighted by atomic mass is 16.5. The summed E-state index contributed by atoms with van der Waals surface area (Å²) in [5.41, 5.74) is 4.25. The summed E-state index contributed by atoms with van der Waals surface area (Å²) >= 11 is 0. The van der Waals surface area contributed by atoms with Crippen molar-refractivity contribution in [3.8, 4) is 5.75 Å².